The van der Waals surface area contributed by atoms with Crippen molar-refractivity contribution in [1.29, 1.82) is 5.41 Å². The fourth-order valence-corrected chi connectivity index (χ4v) is 7.25. The van der Waals surface area contributed by atoms with Crippen LogP contribution in [0.2, 0.25) is 0 Å². The van der Waals surface area contributed by atoms with Gasteiger partial charge < -0.3 is 34.3 Å². The number of allylic oxidation sites excluding steroid dienone is 1. The number of nitrogens with zero attached hydrogens (tertiary/aromatic N) is 3. The number of hydrogen-bond acceptors (Lipinski definition) is 14. The number of amides is 3. The Morgan fingerprint density at radius 3 is 2.70 bits per heavy atom. The summed E-state index contributed by atoms with van der Waals surface area (Å²) in [5, 5.41) is 16.1. The number of carbonyl (C=O) groups excluding carboxylic acids is 5. The molecule has 4 rings (SSSR count). The van der Waals surface area contributed by atoms with Crippen molar-refractivity contribution in [2.75, 3.05) is 24.3 Å². The number of rotatable bonds is 10. The lowest BCUT2D eigenvalue weighted by Crippen LogP contribution is -2.84. The Morgan fingerprint density at radius 1 is 1.32 bits per heavy atom. The molecule has 5 atom stereocenters. The molecular weight excluding hydrogens is 620 g/mol. The third kappa shape index (κ3) is 6.71. The van der Waals surface area contributed by atoms with Gasteiger partial charge in [-0.2, -0.15) is 0 Å². The molecule has 3 N–H and O–H groups in total. The summed E-state index contributed by atoms with van der Waals surface area (Å²) in [6.45, 7) is 8.24. The van der Waals surface area contributed by atoms with Crippen LogP contribution in [0.5, 0.6) is 0 Å². The SMILES string of the molecule is CC(C)=CCOC(=O)[C@]12OC(=O)C[C@H]1C[S@+]([O-])[C@@H]1[C@H](NC(=O)/C(=N\OCC=N)c3csc(NC(=O)OC(C)(C)C)n3)C(=O)N12. The molecule has 3 aliphatic rings. The number of hydrogen-bond donors (Lipinski definition) is 3. The smallest absolute Gasteiger partial charge is 0.413 e. The third-order valence-corrected chi connectivity index (χ3v) is 8.95. The molecule has 3 fully saturated rings. The molecule has 3 saturated heterocycles. The first-order chi connectivity index (χ1) is 20.7. The third-order valence-electron chi connectivity index (χ3n) is 6.44. The zero-order chi connectivity index (χ0) is 32.4. The summed E-state index contributed by atoms with van der Waals surface area (Å²) in [4.78, 5) is 74.7. The van der Waals surface area contributed by atoms with Crippen LogP contribution in [0.1, 0.15) is 46.7 Å². The summed E-state index contributed by atoms with van der Waals surface area (Å²) >= 11 is -0.834. The fourth-order valence-electron chi connectivity index (χ4n) is 4.65. The predicted molar refractivity (Wildman–Crippen MR) is 156 cm³/mol. The van der Waals surface area contributed by atoms with Crippen molar-refractivity contribution in [2.24, 2.45) is 11.1 Å². The van der Waals surface area contributed by atoms with Crippen LogP contribution in [0.4, 0.5) is 9.93 Å². The molecule has 238 valence electrons. The van der Waals surface area contributed by atoms with E-state index in [-0.39, 0.29) is 36.2 Å². The van der Waals surface area contributed by atoms with Crippen LogP contribution in [-0.4, -0.2) is 97.9 Å². The van der Waals surface area contributed by atoms with Gasteiger partial charge in [0.25, 0.3) is 17.5 Å². The molecule has 0 bridgehead atoms. The van der Waals surface area contributed by atoms with Crippen LogP contribution in [0.25, 0.3) is 0 Å². The van der Waals surface area contributed by atoms with Gasteiger partial charge in [-0.05, 0) is 51.9 Å². The summed E-state index contributed by atoms with van der Waals surface area (Å²) in [6.07, 6.45) is 1.51. The van der Waals surface area contributed by atoms with Crippen LogP contribution < -0.4 is 10.6 Å². The summed E-state index contributed by atoms with van der Waals surface area (Å²) in [6, 6.07) is -1.38. The highest BCUT2D eigenvalue weighted by atomic mass is 32.2. The Kier molecular flexibility index (Phi) is 9.65. The van der Waals surface area contributed by atoms with Crippen molar-refractivity contribution < 1.29 is 47.6 Å². The molecule has 4 heterocycles. The van der Waals surface area contributed by atoms with Crippen molar-refractivity contribution in [3.05, 3.63) is 22.7 Å². The van der Waals surface area contributed by atoms with Crippen molar-refractivity contribution in [3.63, 3.8) is 0 Å². The largest absolute Gasteiger partial charge is 0.615 e. The second-order valence-electron chi connectivity index (χ2n) is 11.2. The van der Waals surface area contributed by atoms with Crippen molar-refractivity contribution >= 4 is 69.4 Å². The van der Waals surface area contributed by atoms with Crippen LogP contribution in [-0.2, 0) is 49.4 Å². The van der Waals surface area contributed by atoms with E-state index in [4.69, 9.17) is 24.5 Å². The Morgan fingerprint density at radius 2 is 2.05 bits per heavy atom. The van der Waals surface area contributed by atoms with E-state index in [2.05, 4.69) is 20.8 Å². The van der Waals surface area contributed by atoms with Crippen molar-refractivity contribution in [3.8, 4) is 0 Å². The maximum absolute atomic E-state index is 13.5. The minimum absolute atomic E-state index is 0.0407. The van der Waals surface area contributed by atoms with Gasteiger partial charge in [0.15, 0.2) is 23.5 Å². The predicted octanol–water partition coefficient (Wildman–Crippen LogP) is 1.04. The fraction of sp³-hybridized carbons (Fsp3) is 0.538. The van der Waals surface area contributed by atoms with E-state index in [1.165, 1.54) is 5.38 Å². The summed E-state index contributed by atoms with van der Waals surface area (Å²) < 4.78 is 29.2. The van der Waals surface area contributed by atoms with Gasteiger partial charge in [-0.1, -0.05) is 10.7 Å². The lowest BCUT2D eigenvalue weighted by molar-refractivity contribution is -0.219. The molecule has 1 aromatic rings. The van der Waals surface area contributed by atoms with E-state index in [1.54, 1.807) is 40.7 Å². The highest BCUT2D eigenvalue weighted by Gasteiger charge is 2.76. The molecule has 1 aromatic heterocycles. The second kappa shape index (κ2) is 12.9. The molecule has 0 unspecified atom stereocenters. The molecule has 3 amide bonds. The maximum Gasteiger partial charge on any atom is 0.413 e. The molecule has 0 spiro atoms. The number of aromatic nitrogens is 1. The van der Waals surface area contributed by atoms with Crippen LogP contribution in [0.3, 0.4) is 0 Å². The number of anilines is 1. The molecule has 44 heavy (non-hydrogen) atoms. The first-order valence-corrected chi connectivity index (χ1v) is 15.6. The zero-order valence-electron chi connectivity index (χ0n) is 24.5. The van der Waals surface area contributed by atoms with Gasteiger partial charge in [0.05, 0.1) is 12.3 Å². The normalized spacial score (nSPS) is 25.9. The van der Waals surface area contributed by atoms with E-state index in [0.717, 1.165) is 28.0 Å². The minimum Gasteiger partial charge on any atom is -0.615 e. The first-order valence-electron chi connectivity index (χ1n) is 13.4. The van der Waals surface area contributed by atoms with Gasteiger partial charge >= 0.3 is 18.0 Å². The number of fused-ring (bicyclic) bond motifs is 3. The van der Waals surface area contributed by atoms with Crippen LogP contribution in [0, 0.1) is 11.3 Å². The molecular formula is C26H32N6O10S2. The van der Waals surface area contributed by atoms with Gasteiger partial charge in [-0.15, -0.1) is 11.3 Å². The van der Waals surface area contributed by atoms with Gasteiger partial charge in [0.2, 0.25) is 5.37 Å². The lowest BCUT2D eigenvalue weighted by atomic mass is 9.89. The molecule has 18 heteroatoms. The Hall–Kier alpha value is -4.03. The number of carbonyl (C=O) groups is 5. The molecule has 0 aromatic carbocycles. The number of oxime groups is 1. The van der Waals surface area contributed by atoms with Crippen LogP contribution >= 0.6 is 11.3 Å². The van der Waals surface area contributed by atoms with Gasteiger partial charge in [0, 0.05) is 11.6 Å². The Labute approximate surface area is 259 Å². The minimum atomic E-state index is -2.11. The highest BCUT2D eigenvalue weighted by Crippen LogP contribution is 2.49. The Bertz CT molecular complexity index is 1420. The number of nitrogens with one attached hydrogen (secondary N) is 3. The van der Waals surface area contributed by atoms with E-state index in [9.17, 15) is 28.5 Å². The zero-order valence-corrected chi connectivity index (χ0v) is 26.2. The first kappa shape index (κ1) is 32.9. The number of β-lactam (4-membered cyclic amide) rings is 1. The Balaban J connectivity index is 1.55. The molecule has 16 nitrogen and oxygen atoms in total. The van der Waals surface area contributed by atoms with Gasteiger partial charge in [-0.25, -0.2) is 19.5 Å². The number of ether oxygens (including phenoxy) is 3. The summed E-state index contributed by atoms with van der Waals surface area (Å²) in [7, 11) is 0. The van der Waals surface area contributed by atoms with Gasteiger partial charge in [0.1, 0.15) is 23.7 Å². The van der Waals surface area contributed by atoms with Crippen LogP contribution in [0.15, 0.2) is 22.2 Å². The molecule has 0 saturated carbocycles. The molecule has 0 radical (unpaired) electrons. The highest BCUT2D eigenvalue weighted by molar-refractivity contribution is 7.92. The quantitative estimate of drug-likeness (QED) is 0.0473. The van der Waals surface area contributed by atoms with E-state index >= 15 is 0 Å². The second-order valence-corrected chi connectivity index (χ2v) is 13.6. The maximum atomic E-state index is 13.5. The average molecular weight is 653 g/mol. The average Bonchev–Trinajstić information content (AvgIpc) is 3.50. The summed E-state index contributed by atoms with van der Waals surface area (Å²) in [5.41, 5.74) is -2.45. The standard InChI is InChI=1S/C26H32N6O10S2/c1-13(2)6-8-39-22(36)26-14(10-16(33)41-26)12-44(38)21-18(20(35)32(21)26)29-19(34)17(31-40-9-7-27)15-11-43-23(28-15)30-24(37)42-25(3,4)5/h6-7,11,14,18,21,27H,8-10,12H2,1-5H3,(H,29,34)(H,28,30,37)/b27-7?,31-17-/t14-,18+,21+,26+,44-/m0/s1. The number of thiazole rings is 1. The lowest BCUT2D eigenvalue weighted by Gasteiger charge is -2.56. The van der Waals surface area contributed by atoms with E-state index in [0.29, 0.717) is 0 Å². The van der Waals surface area contributed by atoms with E-state index in [1.807, 2.05) is 0 Å². The summed E-state index contributed by atoms with van der Waals surface area (Å²) in [5.74, 6) is -4.54. The van der Waals surface area contributed by atoms with Gasteiger partial charge in [-0.3, -0.25) is 19.7 Å². The van der Waals surface area contributed by atoms with Crippen molar-refractivity contribution in [2.45, 2.75) is 63.8 Å². The van der Waals surface area contributed by atoms with E-state index < -0.39 is 75.4 Å². The van der Waals surface area contributed by atoms with Crippen molar-refractivity contribution in [1.82, 2.24) is 15.2 Å². The molecule has 3 aliphatic heterocycles. The topological polar surface area (TPSA) is 222 Å². The monoisotopic (exact) mass is 652 g/mol. The number of esters is 2. The molecule has 0 aliphatic carbocycles.